The maximum absolute atomic E-state index is 5.80. The molecule has 0 aliphatic rings. The summed E-state index contributed by atoms with van der Waals surface area (Å²) in [5.41, 5.74) is 12.4. The molecule has 0 aliphatic carbocycles. The Balaban J connectivity index is 2.09. The van der Waals surface area contributed by atoms with E-state index in [0.29, 0.717) is 6.54 Å². The van der Waals surface area contributed by atoms with Gasteiger partial charge in [-0.25, -0.2) is 0 Å². The maximum atomic E-state index is 5.80. The summed E-state index contributed by atoms with van der Waals surface area (Å²) >= 11 is 0. The SMILES string of the molecule is Cc1ccc(C)c(CN(C)Cc2ccccc2CN)c1. The van der Waals surface area contributed by atoms with E-state index in [0.717, 1.165) is 13.1 Å². The van der Waals surface area contributed by atoms with Gasteiger partial charge in [-0.3, -0.25) is 4.90 Å². The van der Waals surface area contributed by atoms with E-state index in [-0.39, 0.29) is 0 Å². The van der Waals surface area contributed by atoms with Crippen LogP contribution in [0, 0.1) is 13.8 Å². The monoisotopic (exact) mass is 268 g/mol. The Morgan fingerprint density at radius 3 is 2.25 bits per heavy atom. The van der Waals surface area contributed by atoms with Crippen molar-refractivity contribution >= 4 is 0 Å². The Hall–Kier alpha value is -1.64. The van der Waals surface area contributed by atoms with Crippen LogP contribution >= 0.6 is 0 Å². The second kappa shape index (κ2) is 6.69. The van der Waals surface area contributed by atoms with Gasteiger partial charge in [0, 0.05) is 19.6 Å². The van der Waals surface area contributed by atoms with Gasteiger partial charge in [0.1, 0.15) is 0 Å². The van der Waals surface area contributed by atoms with E-state index in [1.54, 1.807) is 0 Å². The minimum Gasteiger partial charge on any atom is -0.326 e. The van der Waals surface area contributed by atoms with E-state index in [1.807, 2.05) is 0 Å². The van der Waals surface area contributed by atoms with Crippen LogP contribution in [0.15, 0.2) is 42.5 Å². The molecule has 2 rings (SSSR count). The average molecular weight is 268 g/mol. The van der Waals surface area contributed by atoms with Gasteiger partial charge in [-0.2, -0.15) is 0 Å². The average Bonchev–Trinajstić information content (AvgIpc) is 2.43. The van der Waals surface area contributed by atoms with Gasteiger partial charge >= 0.3 is 0 Å². The molecule has 0 bridgehead atoms. The number of nitrogens with zero attached hydrogens (tertiary/aromatic N) is 1. The zero-order valence-corrected chi connectivity index (χ0v) is 12.7. The Morgan fingerprint density at radius 1 is 0.900 bits per heavy atom. The third-order valence-corrected chi connectivity index (χ3v) is 3.72. The molecule has 20 heavy (non-hydrogen) atoms. The number of benzene rings is 2. The third kappa shape index (κ3) is 3.69. The fourth-order valence-electron chi connectivity index (χ4n) is 2.52. The normalized spacial score (nSPS) is 11.1. The lowest BCUT2D eigenvalue weighted by Gasteiger charge is -2.20. The molecule has 2 heteroatoms. The van der Waals surface area contributed by atoms with Crippen LogP contribution in [0.5, 0.6) is 0 Å². The molecule has 2 nitrogen and oxygen atoms in total. The lowest BCUT2D eigenvalue weighted by molar-refractivity contribution is 0.317. The fraction of sp³-hybridized carbons (Fsp3) is 0.333. The van der Waals surface area contributed by atoms with Gasteiger partial charge in [0.15, 0.2) is 0 Å². The number of hydrogen-bond donors (Lipinski definition) is 1. The van der Waals surface area contributed by atoms with Crippen molar-refractivity contribution in [2.24, 2.45) is 5.73 Å². The van der Waals surface area contributed by atoms with Gasteiger partial charge in [0.25, 0.3) is 0 Å². The van der Waals surface area contributed by atoms with Gasteiger partial charge in [0.05, 0.1) is 0 Å². The molecule has 0 aromatic heterocycles. The van der Waals surface area contributed by atoms with Crippen LogP contribution in [-0.2, 0) is 19.6 Å². The van der Waals surface area contributed by atoms with E-state index < -0.39 is 0 Å². The Morgan fingerprint density at radius 2 is 1.55 bits per heavy atom. The lowest BCUT2D eigenvalue weighted by atomic mass is 10.0. The summed E-state index contributed by atoms with van der Waals surface area (Å²) in [6, 6.07) is 15.1. The highest BCUT2D eigenvalue weighted by atomic mass is 15.1. The van der Waals surface area contributed by atoms with Crippen LogP contribution in [0.25, 0.3) is 0 Å². The van der Waals surface area contributed by atoms with E-state index in [4.69, 9.17) is 5.73 Å². The summed E-state index contributed by atoms with van der Waals surface area (Å²) in [4.78, 5) is 2.34. The summed E-state index contributed by atoms with van der Waals surface area (Å²) in [5, 5.41) is 0. The number of aryl methyl sites for hydroxylation is 2. The van der Waals surface area contributed by atoms with E-state index in [9.17, 15) is 0 Å². The van der Waals surface area contributed by atoms with Gasteiger partial charge in [-0.15, -0.1) is 0 Å². The molecular weight excluding hydrogens is 244 g/mol. The molecule has 0 saturated heterocycles. The quantitative estimate of drug-likeness (QED) is 0.900. The minimum absolute atomic E-state index is 0.605. The van der Waals surface area contributed by atoms with Crippen LogP contribution in [0.1, 0.15) is 27.8 Å². The van der Waals surface area contributed by atoms with Crippen molar-refractivity contribution in [3.63, 3.8) is 0 Å². The van der Waals surface area contributed by atoms with Crippen molar-refractivity contribution in [3.05, 3.63) is 70.3 Å². The second-order valence-electron chi connectivity index (χ2n) is 5.58. The van der Waals surface area contributed by atoms with Crippen molar-refractivity contribution in [3.8, 4) is 0 Å². The first-order chi connectivity index (χ1) is 9.60. The molecule has 2 aromatic rings. The zero-order chi connectivity index (χ0) is 14.5. The first kappa shape index (κ1) is 14.8. The fourth-order valence-corrected chi connectivity index (χ4v) is 2.52. The van der Waals surface area contributed by atoms with E-state index in [1.165, 1.54) is 27.8 Å². The lowest BCUT2D eigenvalue weighted by Crippen LogP contribution is -2.19. The summed E-state index contributed by atoms with van der Waals surface area (Å²) in [5.74, 6) is 0. The molecular formula is C18H24N2. The van der Waals surface area contributed by atoms with Crippen molar-refractivity contribution in [2.75, 3.05) is 7.05 Å². The number of rotatable bonds is 5. The summed E-state index contributed by atoms with van der Waals surface area (Å²) in [6.07, 6.45) is 0. The van der Waals surface area contributed by atoms with Crippen LogP contribution in [0.3, 0.4) is 0 Å². The third-order valence-electron chi connectivity index (χ3n) is 3.72. The number of nitrogens with two attached hydrogens (primary N) is 1. The van der Waals surface area contributed by atoms with Crippen molar-refractivity contribution in [1.29, 1.82) is 0 Å². The maximum Gasteiger partial charge on any atom is 0.0237 e. The van der Waals surface area contributed by atoms with Gasteiger partial charge in [0.2, 0.25) is 0 Å². The predicted molar refractivity (Wildman–Crippen MR) is 85.4 cm³/mol. The summed E-state index contributed by atoms with van der Waals surface area (Å²) in [7, 11) is 2.16. The second-order valence-corrected chi connectivity index (χ2v) is 5.58. The van der Waals surface area contributed by atoms with Gasteiger partial charge in [-0.1, -0.05) is 48.0 Å². The molecule has 0 unspecified atom stereocenters. The highest BCUT2D eigenvalue weighted by Gasteiger charge is 2.07. The molecule has 0 heterocycles. The van der Waals surface area contributed by atoms with Crippen LogP contribution in [-0.4, -0.2) is 11.9 Å². The van der Waals surface area contributed by atoms with Crippen LogP contribution in [0.2, 0.25) is 0 Å². The molecule has 0 radical (unpaired) electrons. The first-order valence-electron chi connectivity index (χ1n) is 7.11. The van der Waals surface area contributed by atoms with Crippen LogP contribution < -0.4 is 5.73 Å². The standard InChI is InChI=1S/C18H24N2/c1-14-8-9-15(2)18(10-14)13-20(3)12-17-7-5-4-6-16(17)11-19/h4-10H,11-13,19H2,1-3H3. The highest BCUT2D eigenvalue weighted by Crippen LogP contribution is 2.16. The van der Waals surface area contributed by atoms with E-state index >= 15 is 0 Å². The zero-order valence-electron chi connectivity index (χ0n) is 12.7. The Bertz CT molecular complexity index is 575. The Kier molecular flexibility index (Phi) is 4.94. The molecule has 106 valence electrons. The molecule has 0 aliphatic heterocycles. The topological polar surface area (TPSA) is 29.3 Å². The minimum atomic E-state index is 0.605. The van der Waals surface area contributed by atoms with Crippen molar-refractivity contribution in [1.82, 2.24) is 4.90 Å². The summed E-state index contributed by atoms with van der Waals surface area (Å²) < 4.78 is 0. The molecule has 2 N–H and O–H groups in total. The Labute approximate surface area is 122 Å². The predicted octanol–water partition coefficient (Wildman–Crippen LogP) is 3.39. The van der Waals surface area contributed by atoms with Crippen LogP contribution in [0.4, 0.5) is 0 Å². The smallest absolute Gasteiger partial charge is 0.0237 e. The molecule has 0 saturated carbocycles. The summed E-state index contributed by atoms with van der Waals surface area (Å²) in [6.45, 7) is 6.82. The largest absolute Gasteiger partial charge is 0.326 e. The van der Waals surface area contributed by atoms with Gasteiger partial charge < -0.3 is 5.73 Å². The highest BCUT2D eigenvalue weighted by molar-refractivity contribution is 5.31. The van der Waals surface area contributed by atoms with E-state index in [2.05, 4.69) is 68.3 Å². The number of hydrogen-bond acceptors (Lipinski definition) is 2. The molecule has 2 aromatic carbocycles. The van der Waals surface area contributed by atoms with Crippen molar-refractivity contribution in [2.45, 2.75) is 33.5 Å². The van der Waals surface area contributed by atoms with Crippen molar-refractivity contribution < 1.29 is 0 Å². The molecule has 0 atom stereocenters. The first-order valence-corrected chi connectivity index (χ1v) is 7.11. The molecule has 0 fully saturated rings. The molecule has 0 spiro atoms. The van der Waals surface area contributed by atoms with Gasteiger partial charge in [-0.05, 0) is 43.1 Å². The molecule has 0 amide bonds.